The van der Waals surface area contributed by atoms with Crippen molar-refractivity contribution < 1.29 is 19.1 Å². The minimum absolute atomic E-state index is 0.00846. The highest BCUT2D eigenvalue weighted by Crippen LogP contribution is 2.27. The average Bonchev–Trinajstić information content (AvgIpc) is 2.50. The second kappa shape index (κ2) is 9.02. The Morgan fingerprint density at radius 1 is 1.17 bits per heavy atom. The standard InChI is InChI=1S/C17H26N2O4/c1-12(2)19(13(3)20)9-8-18-17(21)11-14-6-7-15(22-4)16(10-14)23-5/h6-7,10,12H,8-9,11H2,1-5H3,(H,18,21). The van der Waals surface area contributed by atoms with Crippen molar-refractivity contribution in [3.8, 4) is 11.5 Å². The topological polar surface area (TPSA) is 67.9 Å². The Morgan fingerprint density at radius 2 is 1.83 bits per heavy atom. The Morgan fingerprint density at radius 3 is 2.35 bits per heavy atom. The summed E-state index contributed by atoms with van der Waals surface area (Å²) in [5.74, 6) is 1.14. The lowest BCUT2D eigenvalue weighted by atomic mass is 10.1. The average molecular weight is 322 g/mol. The molecule has 0 spiro atoms. The molecule has 6 heteroatoms. The van der Waals surface area contributed by atoms with Gasteiger partial charge in [-0.15, -0.1) is 0 Å². The van der Waals surface area contributed by atoms with E-state index in [0.717, 1.165) is 5.56 Å². The maximum atomic E-state index is 12.0. The quantitative estimate of drug-likeness (QED) is 0.790. The SMILES string of the molecule is COc1ccc(CC(=O)NCCN(C(C)=O)C(C)C)cc1OC. The van der Waals surface area contributed by atoms with Gasteiger partial charge in [-0.1, -0.05) is 6.07 Å². The maximum Gasteiger partial charge on any atom is 0.224 e. The zero-order valence-corrected chi connectivity index (χ0v) is 14.5. The summed E-state index contributed by atoms with van der Waals surface area (Å²) < 4.78 is 10.4. The summed E-state index contributed by atoms with van der Waals surface area (Å²) in [5, 5.41) is 2.83. The van der Waals surface area contributed by atoms with Gasteiger partial charge in [-0.3, -0.25) is 9.59 Å². The van der Waals surface area contributed by atoms with Crippen LogP contribution >= 0.6 is 0 Å². The van der Waals surface area contributed by atoms with Gasteiger partial charge in [0.2, 0.25) is 11.8 Å². The monoisotopic (exact) mass is 322 g/mol. The van der Waals surface area contributed by atoms with E-state index in [4.69, 9.17) is 9.47 Å². The predicted molar refractivity (Wildman–Crippen MR) is 88.8 cm³/mol. The number of rotatable bonds is 8. The van der Waals surface area contributed by atoms with Crippen molar-refractivity contribution in [2.24, 2.45) is 0 Å². The number of benzene rings is 1. The fourth-order valence-electron chi connectivity index (χ4n) is 2.33. The van der Waals surface area contributed by atoms with E-state index in [2.05, 4.69) is 5.32 Å². The first-order valence-electron chi connectivity index (χ1n) is 7.63. The molecule has 1 rings (SSSR count). The number of carbonyl (C=O) groups excluding carboxylic acids is 2. The van der Waals surface area contributed by atoms with E-state index in [0.29, 0.717) is 24.6 Å². The molecule has 0 aromatic heterocycles. The van der Waals surface area contributed by atoms with E-state index >= 15 is 0 Å². The van der Waals surface area contributed by atoms with Crippen molar-refractivity contribution >= 4 is 11.8 Å². The van der Waals surface area contributed by atoms with E-state index in [-0.39, 0.29) is 24.3 Å². The van der Waals surface area contributed by atoms with Crippen LogP contribution in [0.2, 0.25) is 0 Å². The van der Waals surface area contributed by atoms with E-state index in [9.17, 15) is 9.59 Å². The van der Waals surface area contributed by atoms with Gasteiger partial charge in [-0.2, -0.15) is 0 Å². The molecule has 1 aromatic carbocycles. The van der Waals surface area contributed by atoms with Gasteiger partial charge in [-0.25, -0.2) is 0 Å². The molecule has 128 valence electrons. The van der Waals surface area contributed by atoms with Crippen molar-refractivity contribution in [2.45, 2.75) is 33.2 Å². The van der Waals surface area contributed by atoms with Gasteiger partial charge in [0.05, 0.1) is 20.6 Å². The zero-order valence-electron chi connectivity index (χ0n) is 14.5. The molecule has 0 aliphatic rings. The van der Waals surface area contributed by atoms with Gasteiger partial charge >= 0.3 is 0 Å². The molecule has 23 heavy (non-hydrogen) atoms. The van der Waals surface area contributed by atoms with E-state index in [1.54, 1.807) is 31.3 Å². The summed E-state index contributed by atoms with van der Waals surface area (Å²) in [6.45, 7) is 6.37. The Balaban J connectivity index is 2.52. The lowest BCUT2D eigenvalue weighted by Crippen LogP contribution is -2.41. The molecular formula is C17H26N2O4. The first kappa shape index (κ1) is 18.8. The highest BCUT2D eigenvalue weighted by Gasteiger charge is 2.13. The van der Waals surface area contributed by atoms with Crippen molar-refractivity contribution in [2.75, 3.05) is 27.3 Å². The highest BCUT2D eigenvalue weighted by molar-refractivity contribution is 5.79. The number of carbonyl (C=O) groups is 2. The van der Waals surface area contributed by atoms with Crippen LogP contribution in [0.15, 0.2) is 18.2 Å². The Kier molecular flexibility index (Phi) is 7.38. The molecule has 0 aliphatic carbocycles. The number of amides is 2. The van der Waals surface area contributed by atoms with Crippen LogP contribution in [0.4, 0.5) is 0 Å². The summed E-state index contributed by atoms with van der Waals surface area (Å²) >= 11 is 0. The molecule has 1 N–H and O–H groups in total. The van der Waals surface area contributed by atoms with Crippen LogP contribution in [0.5, 0.6) is 11.5 Å². The number of hydrogen-bond donors (Lipinski definition) is 1. The number of nitrogens with one attached hydrogen (secondary N) is 1. The number of hydrogen-bond acceptors (Lipinski definition) is 4. The fourth-order valence-corrected chi connectivity index (χ4v) is 2.33. The predicted octanol–water partition coefficient (Wildman–Crippen LogP) is 1.62. The largest absolute Gasteiger partial charge is 0.493 e. The molecule has 0 unspecified atom stereocenters. The molecule has 0 radical (unpaired) electrons. The highest BCUT2D eigenvalue weighted by atomic mass is 16.5. The molecule has 0 bridgehead atoms. The molecule has 2 amide bonds. The van der Waals surface area contributed by atoms with Crippen LogP contribution in [0.3, 0.4) is 0 Å². The number of nitrogens with zero attached hydrogens (tertiary/aromatic N) is 1. The second-order valence-electron chi connectivity index (χ2n) is 5.52. The minimum Gasteiger partial charge on any atom is -0.493 e. The first-order valence-corrected chi connectivity index (χ1v) is 7.63. The lowest BCUT2D eigenvalue weighted by molar-refractivity contribution is -0.131. The molecule has 6 nitrogen and oxygen atoms in total. The number of ether oxygens (including phenoxy) is 2. The van der Waals surface area contributed by atoms with Crippen molar-refractivity contribution in [3.63, 3.8) is 0 Å². The first-order chi connectivity index (χ1) is 10.9. The van der Waals surface area contributed by atoms with E-state index in [1.165, 1.54) is 6.92 Å². The molecular weight excluding hydrogens is 296 g/mol. The van der Waals surface area contributed by atoms with Crippen LogP contribution in [0.1, 0.15) is 26.3 Å². The van der Waals surface area contributed by atoms with Gasteiger partial charge in [0.15, 0.2) is 11.5 Å². The summed E-state index contributed by atoms with van der Waals surface area (Å²) in [6, 6.07) is 5.51. The minimum atomic E-state index is -0.0931. The van der Waals surface area contributed by atoms with Gasteiger partial charge in [0.1, 0.15) is 0 Å². The molecule has 0 atom stereocenters. The molecule has 0 aliphatic heterocycles. The zero-order chi connectivity index (χ0) is 17.4. The van der Waals surface area contributed by atoms with Crippen LogP contribution in [0, 0.1) is 0 Å². The molecule has 0 saturated carbocycles. The molecule has 0 fully saturated rings. The molecule has 0 heterocycles. The van der Waals surface area contributed by atoms with Crippen LogP contribution in [-0.4, -0.2) is 50.1 Å². The van der Waals surface area contributed by atoms with Crippen LogP contribution in [-0.2, 0) is 16.0 Å². The Bertz CT molecular complexity index is 543. The van der Waals surface area contributed by atoms with Gasteiger partial charge in [0.25, 0.3) is 0 Å². The van der Waals surface area contributed by atoms with E-state index in [1.807, 2.05) is 19.9 Å². The summed E-state index contributed by atoms with van der Waals surface area (Å²) in [7, 11) is 3.13. The third-order valence-electron chi connectivity index (χ3n) is 3.52. The summed E-state index contributed by atoms with van der Waals surface area (Å²) in [5.41, 5.74) is 0.840. The third kappa shape index (κ3) is 5.81. The second-order valence-corrected chi connectivity index (χ2v) is 5.52. The van der Waals surface area contributed by atoms with Crippen molar-refractivity contribution in [1.29, 1.82) is 0 Å². The normalized spacial score (nSPS) is 10.3. The Labute approximate surface area is 137 Å². The summed E-state index contributed by atoms with van der Waals surface area (Å²) in [6.07, 6.45) is 0.252. The van der Waals surface area contributed by atoms with Gasteiger partial charge < -0.3 is 19.7 Å². The number of methoxy groups -OCH3 is 2. The van der Waals surface area contributed by atoms with Crippen LogP contribution in [0.25, 0.3) is 0 Å². The van der Waals surface area contributed by atoms with Crippen LogP contribution < -0.4 is 14.8 Å². The Hall–Kier alpha value is -2.24. The molecule has 1 aromatic rings. The molecule has 0 saturated heterocycles. The maximum absolute atomic E-state index is 12.0. The smallest absolute Gasteiger partial charge is 0.224 e. The lowest BCUT2D eigenvalue weighted by Gasteiger charge is -2.25. The van der Waals surface area contributed by atoms with E-state index < -0.39 is 0 Å². The summed E-state index contributed by atoms with van der Waals surface area (Å²) in [4.78, 5) is 25.2. The van der Waals surface area contributed by atoms with Crippen molar-refractivity contribution in [3.05, 3.63) is 23.8 Å². The third-order valence-corrected chi connectivity index (χ3v) is 3.52. The van der Waals surface area contributed by atoms with Crippen molar-refractivity contribution in [1.82, 2.24) is 10.2 Å². The van der Waals surface area contributed by atoms with Gasteiger partial charge in [0, 0.05) is 26.1 Å². The fraction of sp³-hybridized carbons (Fsp3) is 0.529. The van der Waals surface area contributed by atoms with Gasteiger partial charge in [-0.05, 0) is 31.5 Å².